The van der Waals surface area contributed by atoms with E-state index in [1.807, 2.05) is 30.3 Å². The highest BCUT2D eigenvalue weighted by molar-refractivity contribution is 6.26. The van der Waals surface area contributed by atoms with E-state index in [2.05, 4.69) is 20.3 Å². The van der Waals surface area contributed by atoms with Gasteiger partial charge in [0.1, 0.15) is 23.2 Å². The third-order valence-corrected chi connectivity index (χ3v) is 6.81. The molecule has 0 aliphatic carbocycles. The Balaban J connectivity index is 1.34. The molecule has 3 aromatic heterocycles. The minimum atomic E-state index is -0.429. The van der Waals surface area contributed by atoms with E-state index in [-0.39, 0.29) is 6.01 Å². The number of pyridine rings is 1. The van der Waals surface area contributed by atoms with Crippen LogP contribution in [0.15, 0.2) is 93.1 Å². The number of para-hydroxylation sites is 1. The molecule has 0 aliphatic rings. The number of aromatic nitrogens is 4. The van der Waals surface area contributed by atoms with E-state index in [9.17, 15) is 9.59 Å². The summed E-state index contributed by atoms with van der Waals surface area (Å²) in [6.45, 7) is 1.01. The van der Waals surface area contributed by atoms with Crippen LogP contribution in [0.25, 0.3) is 49.2 Å². The van der Waals surface area contributed by atoms with Crippen molar-refractivity contribution in [3.8, 4) is 17.4 Å². The zero-order valence-corrected chi connectivity index (χ0v) is 21.2. The van der Waals surface area contributed by atoms with Crippen molar-refractivity contribution in [2.75, 3.05) is 25.6 Å². The van der Waals surface area contributed by atoms with Crippen LogP contribution in [0.1, 0.15) is 0 Å². The third-order valence-electron chi connectivity index (χ3n) is 6.81. The molecule has 3 heterocycles. The molecule has 0 bridgehead atoms. The minimum Gasteiger partial charge on any atom is -0.456 e. The number of nitrogens with one attached hydrogen (secondary N) is 1. The van der Waals surface area contributed by atoms with Gasteiger partial charge in [-0.25, -0.2) is 9.55 Å². The van der Waals surface area contributed by atoms with Crippen molar-refractivity contribution in [1.82, 2.24) is 19.5 Å². The molecule has 0 radical (unpaired) electrons. The molecule has 7 rings (SSSR count). The summed E-state index contributed by atoms with van der Waals surface area (Å²) < 4.78 is 18.2. The van der Waals surface area contributed by atoms with E-state index in [0.29, 0.717) is 52.3 Å². The lowest BCUT2D eigenvalue weighted by Crippen LogP contribution is -2.31. The average Bonchev–Trinajstić information content (AvgIpc) is 2.97. The molecule has 10 nitrogen and oxygen atoms in total. The van der Waals surface area contributed by atoms with Gasteiger partial charge in [0.25, 0.3) is 11.1 Å². The molecule has 0 amide bonds. The van der Waals surface area contributed by atoms with Crippen LogP contribution in [0.2, 0.25) is 0 Å². The summed E-state index contributed by atoms with van der Waals surface area (Å²) in [7, 11) is 1.60. The van der Waals surface area contributed by atoms with E-state index in [1.165, 1.54) is 6.33 Å². The van der Waals surface area contributed by atoms with Crippen LogP contribution in [-0.2, 0) is 4.74 Å². The fourth-order valence-corrected chi connectivity index (χ4v) is 5.07. The molecule has 0 atom stereocenters. The Morgan fingerprint density at radius 3 is 2.48 bits per heavy atom. The molecule has 7 aromatic rings. The molecule has 0 saturated heterocycles. The maximum absolute atomic E-state index is 13.8. The smallest absolute Gasteiger partial charge is 0.326 e. The fraction of sp³-hybridized carbons (Fsp3) is 0.100. The molecule has 4 aromatic carbocycles. The number of rotatable bonds is 7. The molecule has 196 valence electrons. The van der Waals surface area contributed by atoms with E-state index in [1.54, 1.807) is 49.6 Å². The van der Waals surface area contributed by atoms with Crippen molar-refractivity contribution in [3.05, 3.63) is 99.8 Å². The second kappa shape index (κ2) is 9.44. The molecule has 0 aliphatic heterocycles. The maximum atomic E-state index is 13.8. The quantitative estimate of drug-likeness (QED) is 0.174. The highest BCUT2D eigenvalue weighted by Gasteiger charge is 2.20. The summed E-state index contributed by atoms with van der Waals surface area (Å²) in [6, 6.07) is 21.6. The number of nitrogens with zero attached hydrogens (tertiary/aromatic N) is 4. The minimum absolute atomic E-state index is 0.0632. The Morgan fingerprint density at radius 2 is 1.62 bits per heavy atom. The van der Waals surface area contributed by atoms with Crippen molar-refractivity contribution in [2.24, 2.45) is 0 Å². The first kappa shape index (κ1) is 23.7. The first-order valence-electron chi connectivity index (χ1n) is 12.6. The van der Waals surface area contributed by atoms with Crippen LogP contribution < -0.4 is 21.2 Å². The van der Waals surface area contributed by atoms with Gasteiger partial charge in [-0.15, -0.1) is 0 Å². The highest BCUT2D eigenvalue weighted by Crippen LogP contribution is 2.36. The van der Waals surface area contributed by atoms with Gasteiger partial charge in [0.05, 0.1) is 12.3 Å². The first-order chi connectivity index (χ1) is 19.6. The van der Waals surface area contributed by atoms with Gasteiger partial charge in [-0.05, 0) is 41.8 Å². The maximum Gasteiger partial charge on any atom is 0.326 e. The lowest BCUT2D eigenvalue weighted by molar-refractivity contribution is 0.210. The van der Waals surface area contributed by atoms with Crippen LogP contribution in [0.5, 0.6) is 11.8 Å². The van der Waals surface area contributed by atoms with Crippen LogP contribution >= 0.6 is 0 Å². The first-order valence-corrected chi connectivity index (χ1v) is 12.6. The van der Waals surface area contributed by atoms with Crippen molar-refractivity contribution in [1.29, 1.82) is 0 Å². The fourth-order valence-electron chi connectivity index (χ4n) is 5.07. The van der Waals surface area contributed by atoms with Crippen LogP contribution in [0, 0.1) is 0 Å². The number of hydrogen-bond donors (Lipinski definition) is 1. The van der Waals surface area contributed by atoms with E-state index < -0.39 is 11.1 Å². The Kier molecular flexibility index (Phi) is 5.60. The van der Waals surface area contributed by atoms with Gasteiger partial charge < -0.3 is 19.2 Å². The lowest BCUT2D eigenvalue weighted by Gasteiger charge is -2.14. The normalized spacial score (nSPS) is 11.6. The molecular weight excluding hydrogens is 510 g/mol. The highest BCUT2D eigenvalue weighted by atomic mass is 16.5. The molecular formula is C30H21N5O5. The van der Waals surface area contributed by atoms with Gasteiger partial charge in [0.2, 0.25) is 5.95 Å². The van der Waals surface area contributed by atoms with Crippen molar-refractivity contribution < 1.29 is 13.9 Å². The van der Waals surface area contributed by atoms with Crippen LogP contribution in [0.4, 0.5) is 5.95 Å². The number of methoxy groups -OCH3 is 1. The van der Waals surface area contributed by atoms with Gasteiger partial charge >= 0.3 is 6.01 Å². The van der Waals surface area contributed by atoms with Gasteiger partial charge in [0, 0.05) is 46.7 Å². The number of fused-ring (bicyclic) bond motifs is 2. The Labute approximate surface area is 225 Å². The van der Waals surface area contributed by atoms with Gasteiger partial charge in [0.15, 0.2) is 0 Å². The molecule has 0 spiro atoms. The van der Waals surface area contributed by atoms with Gasteiger partial charge in [-0.3, -0.25) is 9.59 Å². The number of hydrogen-bond acceptors (Lipinski definition) is 9. The standard InChI is InChI=1S/C30H21N5O5/c1-38-14-13-31-29-32-16-33-30(34-29)39-18-6-4-5-17(15-18)35-27(36)21-10-9-20-19-7-2-3-8-23(19)40-24-12-11-22(28(35)37)25(21)26(20)24/h2-12,15-16H,13-14H2,1H3,(H,31,32,33,34). The Bertz CT molecular complexity index is 2140. The van der Waals surface area contributed by atoms with E-state index in [4.69, 9.17) is 13.9 Å². The van der Waals surface area contributed by atoms with Gasteiger partial charge in [-0.1, -0.05) is 30.3 Å². The van der Waals surface area contributed by atoms with E-state index in [0.717, 1.165) is 26.3 Å². The molecule has 10 heteroatoms. The van der Waals surface area contributed by atoms with Crippen LogP contribution in [-0.4, -0.2) is 39.8 Å². The molecule has 1 N–H and O–H groups in total. The summed E-state index contributed by atoms with van der Waals surface area (Å²) in [5.74, 6) is 0.691. The second-order valence-corrected chi connectivity index (χ2v) is 9.18. The summed E-state index contributed by atoms with van der Waals surface area (Å²) in [4.78, 5) is 40.0. The molecule has 0 fully saturated rings. The SMILES string of the molecule is COCCNc1ncnc(Oc2cccc(-n3c(=O)c4ccc5oc6ccccc6c6ccc(c3=O)c4c56)c2)n1. The van der Waals surface area contributed by atoms with Crippen LogP contribution in [0.3, 0.4) is 0 Å². The average molecular weight is 532 g/mol. The van der Waals surface area contributed by atoms with Crippen molar-refractivity contribution in [2.45, 2.75) is 0 Å². The third kappa shape index (κ3) is 3.81. The predicted octanol–water partition coefficient (Wildman–Crippen LogP) is 4.88. The number of anilines is 1. The number of benzene rings is 4. The molecule has 0 unspecified atom stereocenters. The second-order valence-electron chi connectivity index (χ2n) is 9.18. The Morgan fingerprint density at radius 1 is 0.825 bits per heavy atom. The predicted molar refractivity (Wildman–Crippen MR) is 152 cm³/mol. The molecule has 0 saturated carbocycles. The zero-order valence-electron chi connectivity index (χ0n) is 21.2. The monoisotopic (exact) mass is 531 g/mol. The molecule has 40 heavy (non-hydrogen) atoms. The van der Waals surface area contributed by atoms with Gasteiger partial charge in [-0.2, -0.15) is 9.97 Å². The number of ether oxygens (including phenoxy) is 2. The van der Waals surface area contributed by atoms with E-state index >= 15 is 0 Å². The van der Waals surface area contributed by atoms with Crippen molar-refractivity contribution in [3.63, 3.8) is 0 Å². The summed E-state index contributed by atoms with van der Waals surface area (Å²) >= 11 is 0. The summed E-state index contributed by atoms with van der Waals surface area (Å²) in [6.07, 6.45) is 1.33. The lowest BCUT2D eigenvalue weighted by atomic mass is 9.96. The topological polar surface area (TPSA) is 121 Å². The summed E-state index contributed by atoms with van der Waals surface area (Å²) in [5, 5.41) is 7.07. The largest absolute Gasteiger partial charge is 0.456 e. The zero-order chi connectivity index (χ0) is 27.2. The summed E-state index contributed by atoms with van der Waals surface area (Å²) in [5.41, 5.74) is 0.859. The Hall–Kier alpha value is -5.35. The van der Waals surface area contributed by atoms with Crippen molar-refractivity contribution >= 4 is 49.4 Å².